The van der Waals surface area contributed by atoms with Gasteiger partial charge in [-0.2, -0.15) is 0 Å². The fraction of sp³-hybridized carbons (Fsp3) is 0.0968. The molecule has 2 N–H and O–H groups in total. The molecule has 0 bridgehead atoms. The number of amides is 2. The van der Waals surface area contributed by atoms with E-state index in [9.17, 15) is 14.0 Å². The maximum atomic E-state index is 13.1. The summed E-state index contributed by atoms with van der Waals surface area (Å²) in [6, 6.07) is 32.0. The van der Waals surface area contributed by atoms with E-state index < -0.39 is 5.82 Å². The predicted octanol–water partition coefficient (Wildman–Crippen LogP) is 5.87. The van der Waals surface area contributed by atoms with Crippen LogP contribution < -0.4 is 10.6 Å². The first kappa shape index (κ1) is 26.8. The van der Waals surface area contributed by atoms with E-state index >= 15 is 0 Å². The highest BCUT2D eigenvalue weighted by atomic mass is 32.2. The van der Waals surface area contributed by atoms with Gasteiger partial charge in [-0.25, -0.2) is 4.39 Å². The van der Waals surface area contributed by atoms with Crippen LogP contribution >= 0.6 is 11.8 Å². The zero-order valence-corrected chi connectivity index (χ0v) is 22.4. The van der Waals surface area contributed by atoms with Gasteiger partial charge in [-0.3, -0.25) is 9.59 Å². The second kappa shape index (κ2) is 12.4. The number of carbonyl (C=O) groups excluding carboxylic acids is 2. The molecule has 0 aliphatic heterocycles. The fourth-order valence-corrected chi connectivity index (χ4v) is 4.90. The normalized spacial score (nSPS) is 10.9. The van der Waals surface area contributed by atoms with Crippen LogP contribution in [0.2, 0.25) is 0 Å². The predicted molar refractivity (Wildman–Crippen MR) is 154 cm³/mol. The van der Waals surface area contributed by atoms with E-state index in [2.05, 4.69) is 20.8 Å². The maximum absolute atomic E-state index is 13.1. The lowest BCUT2D eigenvalue weighted by molar-refractivity contribution is -0.119. The highest BCUT2D eigenvalue weighted by Gasteiger charge is 2.18. The summed E-state index contributed by atoms with van der Waals surface area (Å²) in [5, 5.41) is 15.1. The van der Waals surface area contributed by atoms with Gasteiger partial charge in [0.15, 0.2) is 11.0 Å². The van der Waals surface area contributed by atoms with Crippen molar-refractivity contribution in [1.82, 2.24) is 20.1 Å². The number of aromatic nitrogens is 3. The van der Waals surface area contributed by atoms with E-state index in [4.69, 9.17) is 0 Å². The van der Waals surface area contributed by atoms with E-state index in [1.165, 1.54) is 36.0 Å². The van der Waals surface area contributed by atoms with E-state index in [0.29, 0.717) is 22.2 Å². The molecule has 0 aliphatic carbocycles. The number of nitrogens with zero attached hydrogens (tertiary/aromatic N) is 3. The number of rotatable bonds is 9. The molecule has 2 amide bonds. The molecule has 7 nitrogen and oxygen atoms in total. The van der Waals surface area contributed by atoms with Gasteiger partial charge in [0.1, 0.15) is 5.82 Å². The lowest BCUT2D eigenvalue weighted by atomic mass is 9.99. The molecule has 0 atom stereocenters. The molecule has 9 heteroatoms. The van der Waals surface area contributed by atoms with Crippen LogP contribution in [0.15, 0.2) is 114 Å². The molecule has 0 saturated carbocycles. The van der Waals surface area contributed by atoms with E-state index in [1.807, 2.05) is 84.4 Å². The standard InChI is InChI=1S/C31H26FN5O2S/c1-37-29(23-14-18-26(19-15-23)33-30(39)24-12-16-25(32)17-13-24)35-36-31(37)40-20-27(38)34-28(21-8-4-2-5-9-21)22-10-6-3-7-11-22/h2-19,28H,20H2,1H3,(H,33,39)(H,34,38). The molecule has 0 aliphatic rings. The topological polar surface area (TPSA) is 88.9 Å². The minimum absolute atomic E-state index is 0.117. The number of nitrogens with one attached hydrogen (secondary N) is 2. The summed E-state index contributed by atoms with van der Waals surface area (Å²) in [6.07, 6.45) is 0. The van der Waals surface area contributed by atoms with Gasteiger partial charge in [0.05, 0.1) is 11.8 Å². The lowest BCUT2D eigenvalue weighted by Crippen LogP contribution is -2.30. The molecule has 200 valence electrons. The van der Waals surface area contributed by atoms with Crippen LogP contribution in [0.3, 0.4) is 0 Å². The molecule has 40 heavy (non-hydrogen) atoms. The monoisotopic (exact) mass is 551 g/mol. The average molecular weight is 552 g/mol. The molecule has 0 radical (unpaired) electrons. The molecule has 4 aromatic carbocycles. The van der Waals surface area contributed by atoms with Gasteiger partial charge in [0.2, 0.25) is 5.91 Å². The number of thioether (sulfide) groups is 1. The van der Waals surface area contributed by atoms with Gasteiger partial charge < -0.3 is 15.2 Å². The number of hydrogen-bond acceptors (Lipinski definition) is 5. The van der Waals surface area contributed by atoms with Crippen molar-refractivity contribution in [3.63, 3.8) is 0 Å². The summed E-state index contributed by atoms with van der Waals surface area (Å²) >= 11 is 1.31. The molecular formula is C31H26FN5O2S. The zero-order valence-electron chi connectivity index (χ0n) is 21.6. The maximum Gasteiger partial charge on any atom is 0.255 e. The van der Waals surface area contributed by atoms with Crippen LogP contribution in [0, 0.1) is 5.82 Å². The number of benzene rings is 4. The summed E-state index contributed by atoms with van der Waals surface area (Å²) < 4.78 is 14.9. The molecule has 1 heterocycles. The third kappa shape index (κ3) is 6.44. The molecule has 0 spiro atoms. The van der Waals surface area contributed by atoms with E-state index in [1.54, 1.807) is 12.1 Å². The molecule has 0 unspecified atom stereocenters. The van der Waals surface area contributed by atoms with Crippen LogP contribution in [0.4, 0.5) is 10.1 Å². The SMILES string of the molecule is Cn1c(SCC(=O)NC(c2ccccc2)c2ccccc2)nnc1-c1ccc(NC(=O)c2ccc(F)cc2)cc1. The van der Waals surface area contributed by atoms with Crippen molar-refractivity contribution in [1.29, 1.82) is 0 Å². The molecule has 0 fully saturated rings. The zero-order chi connectivity index (χ0) is 27.9. The molecule has 1 aromatic heterocycles. The molecule has 0 saturated heterocycles. The Hall–Kier alpha value is -4.76. The van der Waals surface area contributed by atoms with Gasteiger partial charge in [-0.05, 0) is 59.7 Å². The number of anilines is 1. The van der Waals surface area contributed by atoms with Gasteiger partial charge >= 0.3 is 0 Å². The summed E-state index contributed by atoms with van der Waals surface area (Å²) in [6.45, 7) is 0. The summed E-state index contributed by atoms with van der Waals surface area (Å²) in [5.74, 6) is -0.0352. The molecule has 5 aromatic rings. The van der Waals surface area contributed by atoms with Crippen molar-refractivity contribution in [2.45, 2.75) is 11.2 Å². The summed E-state index contributed by atoms with van der Waals surface area (Å²) in [5.41, 5.74) is 3.77. The Morgan fingerprint density at radius 1 is 0.825 bits per heavy atom. The first-order valence-corrected chi connectivity index (χ1v) is 13.6. The van der Waals surface area contributed by atoms with Crippen molar-refractivity contribution in [2.24, 2.45) is 7.05 Å². The smallest absolute Gasteiger partial charge is 0.255 e. The molecule has 5 rings (SSSR count). The fourth-order valence-electron chi connectivity index (χ4n) is 4.18. The van der Waals surface area contributed by atoms with Crippen molar-refractivity contribution in [3.05, 3.63) is 132 Å². The van der Waals surface area contributed by atoms with Gasteiger partial charge in [0.25, 0.3) is 5.91 Å². The van der Waals surface area contributed by atoms with Crippen molar-refractivity contribution >= 4 is 29.3 Å². The van der Waals surface area contributed by atoms with E-state index in [-0.39, 0.29) is 23.6 Å². The third-order valence-electron chi connectivity index (χ3n) is 6.25. The van der Waals surface area contributed by atoms with Crippen LogP contribution in [0.25, 0.3) is 11.4 Å². The largest absolute Gasteiger partial charge is 0.344 e. The Labute approximate surface area is 235 Å². The Morgan fingerprint density at radius 3 is 2.02 bits per heavy atom. The first-order valence-electron chi connectivity index (χ1n) is 12.6. The van der Waals surface area contributed by atoms with Gasteiger partial charge in [-0.1, -0.05) is 72.4 Å². The van der Waals surface area contributed by atoms with Gasteiger partial charge in [0, 0.05) is 23.9 Å². The third-order valence-corrected chi connectivity index (χ3v) is 7.27. The Bertz CT molecular complexity index is 1550. The number of hydrogen-bond donors (Lipinski definition) is 2. The first-order chi connectivity index (χ1) is 19.5. The average Bonchev–Trinajstić information content (AvgIpc) is 3.36. The van der Waals surface area contributed by atoms with Crippen molar-refractivity contribution in [3.8, 4) is 11.4 Å². The number of halogens is 1. The minimum Gasteiger partial charge on any atom is -0.344 e. The Morgan fingerprint density at radius 2 is 1.43 bits per heavy atom. The minimum atomic E-state index is -0.397. The van der Waals surface area contributed by atoms with E-state index in [0.717, 1.165) is 16.7 Å². The number of carbonyl (C=O) groups is 2. The summed E-state index contributed by atoms with van der Waals surface area (Å²) in [7, 11) is 1.84. The molecular weight excluding hydrogens is 525 g/mol. The summed E-state index contributed by atoms with van der Waals surface area (Å²) in [4.78, 5) is 25.4. The second-order valence-electron chi connectivity index (χ2n) is 9.01. The van der Waals surface area contributed by atoms with Crippen LogP contribution in [0.5, 0.6) is 0 Å². The van der Waals surface area contributed by atoms with Gasteiger partial charge in [-0.15, -0.1) is 10.2 Å². The highest BCUT2D eigenvalue weighted by Crippen LogP contribution is 2.25. The quantitative estimate of drug-likeness (QED) is 0.224. The van der Waals surface area contributed by atoms with Crippen molar-refractivity contribution < 1.29 is 14.0 Å². The van der Waals surface area contributed by atoms with Crippen LogP contribution in [0.1, 0.15) is 27.5 Å². The van der Waals surface area contributed by atoms with Crippen LogP contribution in [-0.2, 0) is 11.8 Å². The Kier molecular flexibility index (Phi) is 8.32. The Balaban J connectivity index is 1.21. The second-order valence-corrected chi connectivity index (χ2v) is 9.96. The lowest BCUT2D eigenvalue weighted by Gasteiger charge is -2.19. The van der Waals surface area contributed by atoms with Crippen LogP contribution in [-0.4, -0.2) is 32.3 Å². The highest BCUT2D eigenvalue weighted by molar-refractivity contribution is 7.99. The van der Waals surface area contributed by atoms with Crippen molar-refractivity contribution in [2.75, 3.05) is 11.1 Å².